The number of sulfone groups is 1. The molecule has 1 saturated heterocycles. The summed E-state index contributed by atoms with van der Waals surface area (Å²) in [6.07, 6.45) is -1.78. The maximum atomic E-state index is 12.7. The molecule has 3 nitrogen and oxygen atoms in total. The van der Waals surface area contributed by atoms with Gasteiger partial charge in [-0.2, -0.15) is 13.2 Å². The van der Waals surface area contributed by atoms with Crippen molar-refractivity contribution in [3.05, 3.63) is 0 Å². The van der Waals surface area contributed by atoms with Crippen molar-refractivity contribution in [2.75, 3.05) is 18.1 Å². The molecule has 3 atom stereocenters. The second kappa shape index (κ2) is 5.60. The summed E-state index contributed by atoms with van der Waals surface area (Å²) >= 11 is 0. The van der Waals surface area contributed by atoms with Gasteiger partial charge in [0.15, 0.2) is 9.84 Å². The van der Waals surface area contributed by atoms with Gasteiger partial charge in [-0.05, 0) is 38.1 Å². The zero-order chi connectivity index (χ0) is 14.1. The van der Waals surface area contributed by atoms with Crippen molar-refractivity contribution in [1.29, 1.82) is 0 Å². The fraction of sp³-hybridized carbons (Fsp3) is 1.00. The second-order valence-electron chi connectivity index (χ2n) is 5.78. The van der Waals surface area contributed by atoms with E-state index in [2.05, 4.69) is 5.32 Å². The average molecular weight is 299 g/mol. The fourth-order valence-electron chi connectivity index (χ4n) is 3.04. The third-order valence-corrected chi connectivity index (χ3v) is 6.00. The molecular weight excluding hydrogens is 279 g/mol. The monoisotopic (exact) mass is 299 g/mol. The number of hydrogen-bond donors (Lipinski definition) is 1. The number of rotatable bonds is 3. The van der Waals surface area contributed by atoms with E-state index in [0.29, 0.717) is 19.4 Å². The summed E-state index contributed by atoms with van der Waals surface area (Å²) in [6, 6.07) is -0.122. The van der Waals surface area contributed by atoms with E-state index >= 15 is 0 Å². The van der Waals surface area contributed by atoms with E-state index in [0.717, 1.165) is 6.42 Å². The molecule has 1 saturated carbocycles. The summed E-state index contributed by atoms with van der Waals surface area (Å²) in [6.45, 7) is 0.522. The van der Waals surface area contributed by atoms with Crippen LogP contribution in [0.15, 0.2) is 0 Å². The number of nitrogens with one attached hydrogen (secondary N) is 1. The van der Waals surface area contributed by atoms with Gasteiger partial charge in [0, 0.05) is 6.04 Å². The first-order valence-corrected chi connectivity index (χ1v) is 8.59. The standard InChI is InChI=1S/C12H20F3NO2S/c13-12(14,15)10-2-1-3-11(6-10)16-7-9-4-5-19(17,18)8-9/h9-11,16H,1-8H2. The molecular formula is C12H20F3NO2S. The molecule has 0 aromatic carbocycles. The number of alkyl halides is 3. The van der Waals surface area contributed by atoms with Gasteiger partial charge in [-0.1, -0.05) is 6.42 Å². The summed E-state index contributed by atoms with van der Waals surface area (Å²) in [5.41, 5.74) is 0. The normalized spacial score (nSPS) is 35.4. The lowest BCUT2D eigenvalue weighted by Crippen LogP contribution is -2.40. The quantitative estimate of drug-likeness (QED) is 0.868. The highest BCUT2D eigenvalue weighted by Gasteiger charge is 2.42. The van der Waals surface area contributed by atoms with E-state index in [4.69, 9.17) is 0 Å². The molecule has 1 N–H and O–H groups in total. The third-order valence-electron chi connectivity index (χ3n) is 4.16. The molecule has 2 rings (SSSR count). The first-order valence-electron chi connectivity index (χ1n) is 6.77. The van der Waals surface area contributed by atoms with Crippen LogP contribution in [-0.4, -0.2) is 38.7 Å². The molecule has 0 bridgehead atoms. The second-order valence-corrected chi connectivity index (χ2v) is 8.01. The topological polar surface area (TPSA) is 46.2 Å². The van der Waals surface area contributed by atoms with Crippen LogP contribution in [0.4, 0.5) is 13.2 Å². The molecule has 0 spiro atoms. The summed E-state index contributed by atoms with van der Waals surface area (Å²) in [7, 11) is -2.90. The van der Waals surface area contributed by atoms with Crippen molar-refractivity contribution < 1.29 is 21.6 Å². The molecule has 1 aliphatic heterocycles. The minimum absolute atomic E-state index is 0.0660. The van der Waals surface area contributed by atoms with Crippen LogP contribution >= 0.6 is 0 Å². The maximum Gasteiger partial charge on any atom is 0.391 e. The summed E-state index contributed by atoms with van der Waals surface area (Å²) in [4.78, 5) is 0. The van der Waals surface area contributed by atoms with Gasteiger partial charge >= 0.3 is 6.18 Å². The molecule has 2 aliphatic rings. The number of halogens is 3. The van der Waals surface area contributed by atoms with E-state index < -0.39 is 21.9 Å². The Kier molecular flexibility index (Phi) is 4.45. The van der Waals surface area contributed by atoms with Crippen LogP contribution in [0.25, 0.3) is 0 Å². The SMILES string of the molecule is O=S1(=O)CCC(CNC2CCCC(C(F)(F)F)C2)C1. The molecule has 112 valence electrons. The van der Waals surface area contributed by atoms with Crippen LogP contribution in [0.1, 0.15) is 32.1 Å². The van der Waals surface area contributed by atoms with Crippen LogP contribution in [0, 0.1) is 11.8 Å². The van der Waals surface area contributed by atoms with E-state index in [1.54, 1.807) is 0 Å². The summed E-state index contributed by atoms with van der Waals surface area (Å²) in [5.74, 6) is -0.743. The lowest BCUT2D eigenvalue weighted by molar-refractivity contribution is -0.183. The van der Waals surface area contributed by atoms with Crippen molar-refractivity contribution in [2.45, 2.75) is 44.3 Å². The highest BCUT2D eigenvalue weighted by atomic mass is 32.2. The predicted molar refractivity (Wildman–Crippen MR) is 66.6 cm³/mol. The molecule has 0 aromatic heterocycles. The minimum Gasteiger partial charge on any atom is -0.314 e. The van der Waals surface area contributed by atoms with Gasteiger partial charge in [-0.3, -0.25) is 0 Å². The van der Waals surface area contributed by atoms with Gasteiger partial charge in [0.1, 0.15) is 0 Å². The van der Waals surface area contributed by atoms with Crippen LogP contribution in [0.2, 0.25) is 0 Å². The first-order chi connectivity index (χ1) is 8.76. The summed E-state index contributed by atoms with van der Waals surface area (Å²) in [5, 5.41) is 3.14. The molecule has 0 amide bonds. The van der Waals surface area contributed by atoms with E-state index in [1.807, 2.05) is 0 Å². The maximum absolute atomic E-state index is 12.7. The Morgan fingerprint density at radius 1 is 1.16 bits per heavy atom. The Bertz CT molecular complexity index is 408. The Hall–Kier alpha value is -0.300. The fourth-order valence-corrected chi connectivity index (χ4v) is 4.90. The third kappa shape index (κ3) is 4.34. The largest absolute Gasteiger partial charge is 0.391 e. The van der Waals surface area contributed by atoms with Crippen LogP contribution in [-0.2, 0) is 9.84 Å². The van der Waals surface area contributed by atoms with Crippen molar-refractivity contribution >= 4 is 9.84 Å². The van der Waals surface area contributed by atoms with Crippen LogP contribution < -0.4 is 5.32 Å². The highest BCUT2D eigenvalue weighted by Crippen LogP contribution is 2.37. The van der Waals surface area contributed by atoms with Crippen molar-refractivity contribution in [3.63, 3.8) is 0 Å². The number of hydrogen-bond acceptors (Lipinski definition) is 3. The van der Waals surface area contributed by atoms with E-state index in [-0.39, 0.29) is 36.3 Å². The van der Waals surface area contributed by atoms with E-state index in [1.165, 1.54) is 0 Å². The molecule has 3 unspecified atom stereocenters. The predicted octanol–water partition coefficient (Wildman–Crippen LogP) is 2.13. The molecule has 7 heteroatoms. The zero-order valence-corrected chi connectivity index (χ0v) is 11.6. The summed E-state index contributed by atoms with van der Waals surface area (Å²) < 4.78 is 60.5. The minimum atomic E-state index is -4.10. The van der Waals surface area contributed by atoms with Crippen LogP contribution in [0.3, 0.4) is 0 Å². The van der Waals surface area contributed by atoms with Crippen molar-refractivity contribution in [3.8, 4) is 0 Å². The molecule has 1 heterocycles. The van der Waals surface area contributed by atoms with Crippen LogP contribution in [0.5, 0.6) is 0 Å². The van der Waals surface area contributed by atoms with Crippen molar-refractivity contribution in [1.82, 2.24) is 5.32 Å². The Morgan fingerprint density at radius 2 is 1.89 bits per heavy atom. The highest BCUT2D eigenvalue weighted by molar-refractivity contribution is 7.91. The average Bonchev–Trinajstić information content (AvgIpc) is 2.66. The lowest BCUT2D eigenvalue weighted by atomic mass is 9.85. The van der Waals surface area contributed by atoms with Crippen molar-refractivity contribution in [2.24, 2.45) is 11.8 Å². The van der Waals surface area contributed by atoms with Gasteiger partial charge < -0.3 is 5.32 Å². The zero-order valence-electron chi connectivity index (χ0n) is 10.7. The molecule has 1 aliphatic carbocycles. The van der Waals surface area contributed by atoms with Gasteiger partial charge in [0.05, 0.1) is 17.4 Å². The molecule has 19 heavy (non-hydrogen) atoms. The van der Waals surface area contributed by atoms with Gasteiger partial charge in [-0.25, -0.2) is 8.42 Å². The van der Waals surface area contributed by atoms with Gasteiger partial charge in [0.25, 0.3) is 0 Å². The first kappa shape index (κ1) is 15.1. The molecule has 0 aromatic rings. The lowest BCUT2D eigenvalue weighted by Gasteiger charge is -2.31. The van der Waals surface area contributed by atoms with E-state index in [9.17, 15) is 21.6 Å². The Balaban J connectivity index is 1.77. The Labute approximate surface area is 111 Å². The Morgan fingerprint density at radius 3 is 2.47 bits per heavy atom. The smallest absolute Gasteiger partial charge is 0.314 e. The van der Waals surface area contributed by atoms with Gasteiger partial charge in [0.2, 0.25) is 0 Å². The molecule has 0 radical (unpaired) electrons. The molecule has 2 fully saturated rings. The van der Waals surface area contributed by atoms with Gasteiger partial charge in [-0.15, -0.1) is 0 Å².